The van der Waals surface area contributed by atoms with Crippen LogP contribution in [0.15, 0.2) is 41.3 Å². The fourth-order valence-electron chi connectivity index (χ4n) is 3.20. The lowest BCUT2D eigenvalue weighted by Gasteiger charge is -2.16. The fourth-order valence-corrected chi connectivity index (χ4v) is 3.41. The zero-order chi connectivity index (χ0) is 15.8. The lowest BCUT2D eigenvalue weighted by Crippen LogP contribution is -2.27. The number of nitrogens with zero attached hydrogens (tertiary/aromatic N) is 3. The van der Waals surface area contributed by atoms with Crippen LogP contribution in [-0.4, -0.2) is 14.8 Å². The highest BCUT2D eigenvalue weighted by Crippen LogP contribution is 2.25. The van der Waals surface area contributed by atoms with Gasteiger partial charge in [-0.05, 0) is 43.4 Å². The predicted octanol–water partition coefficient (Wildman–Crippen LogP) is 3.37. The van der Waals surface area contributed by atoms with Crippen molar-refractivity contribution in [3.8, 4) is 0 Å². The third kappa shape index (κ3) is 2.63. The topological polar surface area (TPSA) is 47.8 Å². The Morgan fingerprint density at radius 1 is 1.17 bits per heavy atom. The Balaban J connectivity index is 1.82. The minimum absolute atomic E-state index is 0.0744. The Morgan fingerprint density at radius 3 is 2.96 bits per heavy atom. The first-order valence-electron chi connectivity index (χ1n) is 7.84. The maximum absolute atomic E-state index is 12.4. The lowest BCUT2D eigenvalue weighted by atomic mass is 9.97. The third-order valence-corrected chi connectivity index (χ3v) is 4.76. The Morgan fingerprint density at radius 2 is 2.04 bits per heavy atom. The van der Waals surface area contributed by atoms with Crippen LogP contribution in [0.4, 0.5) is 0 Å². The van der Waals surface area contributed by atoms with Gasteiger partial charge in [-0.3, -0.25) is 9.78 Å². The van der Waals surface area contributed by atoms with E-state index >= 15 is 0 Å². The van der Waals surface area contributed by atoms with Crippen LogP contribution in [-0.2, 0) is 19.4 Å². The van der Waals surface area contributed by atoms with Crippen molar-refractivity contribution in [2.75, 3.05) is 0 Å². The molecule has 0 aliphatic heterocycles. The van der Waals surface area contributed by atoms with Crippen LogP contribution in [0.2, 0.25) is 5.02 Å². The molecule has 0 fully saturated rings. The van der Waals surface area contributed by atoms with Gasteiger partial charge in [-0.1, -0.05) is 23.7 Å². The van der Waals surface area contributed by atoms with Gasteiger partial charge < -0.3 is 0 Å². The summed E-state index contributed by atoms with van der Waals surface area (Å²) in [4.78, 5) is 16.8. The van der Waals surface area contributed by atoms with Gasteiger partial charge >= 0.3 is 0 Å². The van der Waals surface area contributed by atoms with Crippen molar-refractivity contribution in [3.63, 3.8) is 0 Å². The van der Waals surface area contributed by atoms with Crippen LogP contribution in [0.25, 0.3) is 10.9 Å². The van der Waals surface area contributed by atoms with Crippen molar-refractivity contribution < 1.29 is 0 Å². The van der Waals surface area contributed by atoms with E-state index in [1.165, 1.54) is 4.68 Å². The van der Waals surface area contributed by atoms with Crippen LogP contribution in [0.3, 0.4) is 0 Å². The predicted molar refractivity (Wildman–Crippen MR) is 91.0 cm³/mol. The number of benzene rings is 1. The number of hydrogen-bond donors (Lipinski definition) is 0. The molecular weight excluding hydrogens is 310 g/mol. The minimum Gasteiger partial charge on any atom is -0.268 e. The number of halogens is 1. The molecular formula is C18H16ClN3O. The van der Waals surface area contributed by atoms with E-state index < -0.39 is 0 Å². The number of aryl methyl sites for hydroxylation is 2. The van der Waals surface area contributed by atoms with Crippen molar-refractivity contribution in [1.82, 2.24) is 14.8 Å². The van der Waals surface area contributed by atoms with Crippen LogP contribution >= 0.6 is 11.6 Å². The molecule has 0 atom stereocenters. The molecule has 4 nitrogen and oxygen atoms in total. The zero-order valence-corrected chi connectivity index (χ0v) is 13.4. The van der Waals surface area contributed by atoms with Crippen molar-refractivity contribution in [1.29, 1.82) is 0 Å². The summed E-state index contributed by atoms with van der Waals surface area (Å²) in [5, 5.41) is 6.20. The molecule has 1 aliphatic carbocycles. The highest BCUT2D eigenvalue weighted by atomic mass is 35.5. The molecule has 4 rings (SSSR count). The molecule has 0 radical (unpaired) electrons. The maximum Gasteiger partial charge on any atom is 0.267 e. The van der Waals surface area contributed by atoms with E-state index in [0.717, 1.165) is 53.4 Å². The molecule has 3 aromatic rings. The average Bonchev–Trinajstić information content (AvgIpc) is 2.58. The SMILES string of the molecule is O=c1cc2c(nn1Cc1c(Cl)ccc3cccnc13)CCCC2. The second-order valence-corrected chi connectivity index (χ2v) is 6.33. The van der Waals surface area contributed by atoms with Crippen LogP contribution < -0.4 is 5.56 Å². The first-order valence-corrected chi connectivity index (χ1v) is 8.22. The normalized spacial score (nSPS) is 14.0. The van der Waals surface area contributed by atoms with E-state index in [2.05, 4.69) is 10.1 Å². The second-order valence-electron chi connectivity index (χ2n) is 5.92. The van der Waals surface area contributed by atoms with E-state index in [9.17, 15) is 4.79 Å². The molecule has 5 heteroatoms. The summed E-state index contributed by atoms with van der Waals surface area (Å²) in [6.07, 6.45) is 5.91. The first kappa shape index (κ1) is 14.4. The average molecular weight is 326 g/mol. The molecule has 0 N–H and O–H groups in total. The Hall–Kier alpha value is -2.20. The Kier molecular flexibility index (Phi) is 3.62. The molecule has 0 unspecified atom stereocenters. The molecule has 2 aromatic heterocycles. The number of aromatic nitrogens is 3. The van der Waals surface area contributed by atoms with Crippen molar-refractivity contribution in [2.45, 2.75) is 32.2 Å². The highest BCUT2D eigenvalue weighted by molar-refractivity contribution is 6.32. The summed E-state index contributed by atoms with van der Waals surface area (Å²) in [6, 6.07) is 9.41. The summed E-state index contributed by atoms with van der Waals surface area (Å²) in [7, 11) is 0. The molecule has 1 aliphatic rings. The van der Waals surface area contributed by atoms with Crippen LogP contribution in [0.1, 0.15) is 29.7 Å². The second kappa shape index (κ2) is 5.78. The summed E-state index contributed by atoms with van der Waals surface area (Å²) in [5.41, 5.74) is 3.73. The van der Waals surface area contributed by atoms with Gasteiger partial charge in [0.15, 0.2) is 0 Å². The monoisotopic (exact) mass is 325 g/mol. The van der Waals surface area contributed by atoms with Gasteiger partial charge in [0.1, 0.15) is 0 Å². The van der Waals surface area contributed by atoms with Crippen LogP contribution in [0.5, 0.6) is 0 Å². The highest BCUT2D eigenvalue weighted by Gasteiger charge is 2.15. The van der Waals surface area contributed by atoms with Crippen molar-refractivity contribution in [2.24, 2.45) is 0 Å². The lowest BCUT2D eigenvalue weighted by molar-refractivity contribution is 0.575. The van der Waals surface area contributed by atoms with E-state index in [4.69, 9.17) is 11.6 Å². The quantitative estimate of drug-likeness (QED) is 0.725. The molecule has 0 saturated heterocycles. The van der Waals surface area contributed by atoms with E-state index in [-0.39, 0.29) is 5.56 Å². The third-order valence-electron chi connectivity index (χ3n) is 4.40. The molecule has 116 valence electrons. The molecule has 0 saturated carbocycles. The van der Waals surface area contributed by atoms with Gasteiger partial charge in [0, 0.05) is 28.2 Å². The summed E-state index contributed by atoms with van der Waals surface area (Å²) in [5.74, 6) is 0. The standard InChI is InChI=1S/C18H16ClN3O/c19-15-8-7-12-5-3-9-20-18(12)14(15)11-22-17(23)10-13-4-1-2-6-16(13)21-22/h3,5,7-10H,1-2,4,6,11H2. The largest absolute Gasteiger partial charge is 0.268 e. The van der Waals surface area contributed by atoms with E-state index in [0.29, 0.717) is 11.6 Å². The smallest absolute Gasteiger partial charge is 0.267 e. The molecule has 1 aromatic carbocycles. The van der Waals surface area contributed by atoms with E-state index in [1.54, 1.807) is 12.3 Å². The minimum atomic E-state index is -0.0744. The van der Waals surface area contributed by atoms with E-state index in [1.807, 2.05) is 24.3 Å². The van der Waals surface area contributed by atoms with Gasteiger partial charge in [-0.25, -0.2) is 4.68 Å². The summed E-state index contributed by atoms with van der Waals surface area (Å²) < 4.78 is 1.51. The maximum atomic E-state index is 12.4. The van der Waals surface area contributed by atoms with Gasteiger partial charge in [0.05, 0.1) is 17.8 Å². The molecule has 0 spiro atoms. The fraction of sp³-hybridized carbons (Fsp3) is 0.278. The van der Waals surface area contributed by atoms with Gasteiger partial charge in [-0.15, -0.1) is 0 Å². The summed E-state index contributed by atoms with van der Waals surface area (Å²) >= 11 is 6.37. The number of rotatable bonds is 2. The molecule has 2 heterocycles. The number of hydrogen-bond acceptors (Lipinski definition) is 3. The molecule has 0 amide bonds. The van der Waals surface area contributed by atoms with Crippen molar-refractivity contribution >= 4 is 22.5 Å². The van der Waals surface area contributed by atoms with Crippen LogP contribution in [0, 0.1) is 0 Å². The van der Waals surface area contributed by atoms with Gasteiger partial charge in [0.2, 0.25) is 0 Å². The number of pyridine rings is 1. The zero-order valence-electron chi connectivity index (χ0n) is 12.6. The Labute approximate surface area is 138 Å². The summed E-state index contributed by atoms with van der Waals surface area (Å²) in [6.45, 7) is 0.347. The van der Waals surface area contributed by atoms with Crippen molar-refractivity contribution in [3.05, 3.63) is 68.7 Å². The first-order chi connectivity index (χ1) is 11.2. The molecule has 23 heavy (non-hydrogen) atoms. The number of fused-ring (bicyclic) bond motifs is 2. The molecule has 0 bridgehead atoms. The van der Waals surface area contributed by atoms with Gasteiger partial charge in [0.25, 0.3) is 5.56 Å². The Bertz CT molecular complexity index is 949. The van der Waals surface area contributed by atoms with Gasteiger partial charge in [-0.2, -0.15) is 5.10 Å².